The molecule has 1 fully saturated rings. The van der Waals surface area contributed by atoms with Crippen molar-refractivity contribution < 1.29 is 22.4 Å². The molecule has 0 aromatic carbocycles. The van der Waals surface area contributed by atoms with Gasteiger partial charge in [-0.25, -0.2) is 8.78 Å². The molecule has 0 aromatic heterocycles. The Morgan fingerprint density at radius 2 is 1.74 bits per heavy atom. The summed E-state index contributed by atoms with van der Waals surface area (Å²) < 4.78 is 49.7. The first-order valence-corrected chi connectivity index (χ1v) is 5.66. The van der Waals surface area contributed by atoms with Crippen molar-refractivity contribution in [3.63, 3.8) is 0 Å². The smallest absolute Gasteiger partial charge is 0.319 e. The van der Waals surface area contributed by atoms with Crippen LogP contribution in [0, 0.1) is 0 Å². The molecule has 1 amide bonds. The molecule has 1 saturated heterocycles. The maximum absolute atomic E-state index is 12.8. The number of hydrogen-bond donors (Lipinski definition) is 1. The third kappa shape index (κ3) is 5.12. The minimum atomic E-state index is -4.01. The van der Waals surface area contributed by atoms with Crippen LogP contribution in [-0.2, 0) is 4.79 Å². The predicted octanol–water partition coefficient (Wildman–Crippen LogP) is 0.800. The number of piperazine rings is 1. The van der Waals surface area contributed by atoms with Gasteiger partial charge in [0.25, 0.3) is 0 Å². The van der Waals surface area contributed by atoms with Crippen LogP contribution in [0.3, 0.4) is 0 Å². The number of nitrogens with two attached hydrogens (primary N) is 1. The van der Waals surface area contributed by atoms with Crippen LogP contribution >= 0.6 is 12.4 Å². The Balaban J connectivity index is 0.00000324. The van der Waals surface area contributed by atoms with Gasteiger partial charge >= 0.3 is 12.3 Å². The van der Waals surface area contributed by atoms with E-state index in [2.05, 4.69) is 0 Å². The van der Waals surface area contributed by atoms with E-state index in [0.717, 1.165) is 0 Å². The Kier molecular flexibility index (Phi) is 7.02. The highest BCUT2D eigenvalue weighted by Crippen LogP contribution is 2.24. The largest absolute Gasteiger partial charge is 0.339 e. The first-order chi connectivity index (χ1) is 8.24. The maximum Gasteiger partial charge on any atom is 0.319 e. The normalized spacial score (nSPS) is 19.2. The molecule has 0 bridgehead atoms. The van der Waals surface area contributed by atoms with Gasteiger partial charge < -0.3 is 10.6 Å². The highest BCUT2D eigenvalue weighted by molar-refractivity contribution is 5.85. The van der Waals surface area contributed by atoms with E-state index >= 15 is 0 Å². The Bertz CT molecular complexity index is 296. The number of nitrogens with zero attached hydrogens (tertiary/aromatic N) is 2. The van der Waals surface area contributed by atoms with Crippen molar-refractivity contribution in [2.24, 2.45) is 5.73 Å². The van der Waals surface area contributed by atoms with Gasteiger partial charge in [-0.2, -0.15) is 8.78 Å². The van der Waals surface area contributed by atoms with Gasteiger partial charge in [0.15, 0.2) is 0 Å². The molecule has 0 aromatic rings. The summed E-state index contributed by atoms with van der Waals surface area (Å²) in [5.41, 5.74) is 5.42. The second kappa shape index (κ2) is 7.25. The number of amides is 1. The molecular weight excluding hydrogens is 290 g/mol. The second-order valence-electron chi connectivity index (χ2n) is 4.45. The Morgan fingerprint density at radius 3 is 2.11 bits per heavy atom. The van der Waals surface area contributed by atoms with Gasteiger partial charge in [-0.05, 0) is 6.92 Å². The van der Waals surface area contributed by atoms with Crippen molar-refractivity contribution in [3.05, 3.63) is 0 Å². The van der Waals surface area contributed by atoms with Crippen molar-refractivity contribution >= 4 is 18.3 Å². The summed E-state index contributed by atoms with van der Waals surface area (Å²) >= 11 is 0. The minimum absolute atomic E-state index is 0. The minimum Gasteiger partial charge on any atom is -0.339 e. The van der Waals surface area contributed by atoms with Crippen molar-refractivity contribution in [3.8, 4) is 0 Å². The monoisotopic (exact) mass is 307 g/mol. The van der Waals surface area contributed by atoms with Gasteiger partial charge in [-0.3, -0.25) is 9.69 Å². The fourth-order valence-corrected chi connectivity index (χ4v) is 1.78. The third-order valence-corrected chi connectivity index (χ3v) is 2.83. The van der Waals surface area contributed by atoms with Crippen molar-refractivity contribution in [2.75, 3.05) is 32.7 Å². The van der Waals surface area contributed by atoms with Crippen molar-refractivity contribution in [1.29, 1.82) is 0 Å². The lowest BCUT2D eigenvalue weighted by Crippen LogP contribution is -2.55. The van der Waals surface area contributed by atoms with Crippen LogP contribution in [0.4, 0.5) is 17.6 Å². The SMILES string of the molecule is CC(N)C(=O)N1CCN(CC(F)(F)C(F)F)CC1.Cl. The summed E-state index contributed by atoms with van der Waals surface area (Å²) in [6, 6.07) is -0.640. The lowest BCUT2D eigenvalue weighted by Gasteiger charge is -2.36. The molecule has 9 heteroatoms. The zero-order valence-electron chi connectivity index (χ0n) is 10.5. The van der Waals surface area contributed by atoms with Gasteiger partial charge in [0.05, 0.1) is 12.6 Å². The standard InChI is InChI=1S/C10H17F4N3O.ClH/c1-7(15)8(18)17-4-2-16(3-5-17)6-10(13,14)9(11)12;/h7,9H,2-6,15H2,1H3;1H. The fraction of sp³-hybridized carbons (Fsp3) is 0.900. The molecule has 1 aliphatic heterocycles. The van der Waals surface area contributed by atoms with Gasteiger partial charge in [0.1, 0.15) is 0 Å². The summed E-state index contributed by atoms with van der Waals surface area (Å²) in [4.78, 5) is 14.2. The van der Waals surface area contributed by atoms with E-state index in [-0.39, 0.29) is 44.5 Å². The number of halogens is 5. The van der Waals surface area contributed by atoms with Crippen molar-refractivity contribution in [1.82, 2.24) is 9.80 Å². The molecule has 0 radical (unpaired) electrons. The molecule has 0 aliphatic carbocycles. The fourth-order valence-electron chi connectivity index (χ4n) is 1.78. The van der Waals surface area contributed by atoms with Gasteiger partial charge in [-0.15, -0.1) is 12.4 Å². The van der Waals surface area contributed by atoms with Crippen LogP contribution in [0.25, 0.3) is 0 Å². The van der Waals surface area contributed by atoms with Crippen LogP contribution in [0.2, 0.25) is 0 Å². The Hall–Kier alpha value is -0.600. The summed E-state index contributed by atoms with van der Waals surface area (Å²) in [6.45, 7) is 1.34. The average molecular weight is 308 g/mol. The zero-order valence-corrected chi connectivity index (χ0v) is 11.3. The van der Waals surface area contributed by atoms with E-state index < -0.39 is 24.9 Å². The topological polar surface area (TPSA) is 49.6 Å². The summed E-state index contributed by atoms with van der Waals surface area (Å²) in [5, 5.41) is 0. The Morgan fingerprint density at radius 1 is 1.26 bits per heavy atom. The molecule has 1 heterocycles. The summed E-state index contributed by atoms with van der Waals surface area (Å²) in [6.07, 6.45) is -3.67. The molecule has 0 saturated carbocycles. The quantitative estimate of drug-likeness (QED) is 0.782. The number of carbonyl (C=O) groups excluding carboxylic acids is 1. The molecule has 1 rings (SSSR count). The lowest BCUT2D eigenvalue weighted by molar-refractivity contribution is -0.148. The molecule has 114 valence electrons. The third-order valence-electron chi connectivity index (χ3n) is 2.83. The number of rotatable bonds is 4. The van der Waals surface area contributed by atoms with E-state index in [1.807, 2.05) is 0 Å². The lowest BCUT2D eigenvalue weighted by atomic mass is 10.2. The number of hydrogen-bond acceptors (Lipinski definition) is 3. The van der Waals surface area contributed by atoms with Crippen LogP contribution < -0.4 is 5.73 Å². The number of alkyl halides is 4. The molecular formula is C10H18ClF4N3O. The maximum atomic E-state index is 12.8. The molecule has 1 aliphatic rings. The summed E-state index contributed by atoms with van der Waals surface area (Å²) in [5.74, 6) is -4.26. The first kappa shape index (κ1) is 18.4. The van der Waals surface area contributed by atoms with Crippen LogP contribution in [-0.4, -0.2) is 66.8 Å². The van der Waals surface area contributed by atoms with Gasteiger partial charge in [0, 0.05) is 26.2 Å². The first-order valence-electron chi connectivity index (χ1n) is 5.66. The van der Waals surface area contributed by atoms with Crippen LogP contribution in [0.15, 0.2) is 0 Å². The van der Waals surface area contributed by atoms with E-state index in [0.29, 0.717) is 0 Å². The predicted molar refractivity (Wildman–Crippen MR) is 64.9 cm³/mol. The molecule has 19 heavy (non-hydrogen) atoms. The van der Waals surface area contributed by atoms with Gasteiger partial charge in [-0.1, -0.05) is 0 Å². The van der Waals surface area contributed by atoms with Crippen LogP contribution in [0.1, 0.15) is 6.92 Å². The van der Waals surface area contributed by atoms with Gasteiger partial charge in [0.2, 0.25) is 5.91 Å². The molecule has 4 nitrogen and oxygen atoms in total. The highest BCUT2D eigenvalue weighted by atomic mass is 35.5. The molecule has 0 spiro atoms. The second-order valence-corrected chi connectivity index (χ2v) is 4.45. The average Bonchev–Trinajstić information content (AvgIpc) is 2.28. The van der Waals surface area contributed by atoms with E-state index in [1.165, 1.54) is 9.80 Å². The zero-order chi connectivity index (χ0) is 13.9. The molecule has 1 unspecified atom stereocenters. The summed E-state index contributed by atoms with van der Waals surface area (Å²) in [7, 11) is 0. The van der Waals surface area contributed by atoms with E-state index in [1.54, 1.807) is 6.92 Å². The van der Waals surface area contributed by atoms with E-state index in [9.17, 15) is 22.4 Å². The molecule has 2 N–H and O–H groups in total. The van der Waals surface area contributed by atoms with Crippen LogP contribution in [0.5, 0.6) is 0 Å². The number of carbonyl (C=O) groups is 1. The highest BCUT2D eigenvalue weighted by Gasteiger charge is 2.42. The van der Waals surface area contributed by atoms with E-state index in [4.69, 9.17) is 5.73 Å². The molecule has 1 atom stereocenters. The van der Waals surface area contributed by atoms with Crippen molar-refractivity contribution in [2.45, 2.75) is 25.3 Å². The Labute approximate surface area is 115 Å².